The van der Waals surface area contributed by atoms with Crippen LogP contribution >= 0.6 is 0 Å². The van der Waals surface area contributed by atoms with Gasteiger partial charge in [0.05, 0.1) is 11.4 Å². The molecular weight excluding hydrogens is 523 g/mol. The summed E-state index contributed by atoms with van der Waals surface area (Å²) in [4.78, 5) is 2.51. The van der Waals surface area contributed by atoms with E-state index < -0.39 is 8.07 Å². The van der Waals surface area contributed by atoms with Crippen molar-refractivity contribution in [2.45, 2.75) is 26.2 Å². The Morgan fingerprint density at radius 3 is 1.57 bits per heavy atom. The number of benzene rings is 6. The minimum atomic E-state index is -2.52. The Morgan fingerprint density at radius 1 is 0.476 bits per heavy atom. The van der Waals surface area contributed by atoms with Crippen LogP contribution in [0.2, 0.25) is 0 Å². The Balaban J connectivity index is 1.38. The zero-order valence-electron chi connectivity index (χ0n) is 24.1. The van der Waals surface area contributed by atoms with E-state index in [9.17, 15) is 0 Å². The molecular formula is C40H31NSi. The highest BCUT2D eigenvalue weighted by Gasteiger charge is 2.54. The van der Waals surface area contributed by atoms with Crippen molar-refractivity contribution < 1.29 is 0 Å². The molecule has 1 nitrogen and oxygen atoms in total. The number of rotatable bonds is 1. The fourth-order valence-corrected chi connectivity index (χ4v) is 14.1. The third kappa shape index (κ3) is 2.83. The van der Waals surface area contributed by atoms with Gasteiger partial charge in [-0.3, -0.25) is 0 Å². The first-order chi connectivity index (χ1) is 20.5. The number of hydrogen-bond acceptors (Lipinski definition) is 1. The summed E-state index contributed by atoms with van der Waals surface area (Å²) in [6, 6.07) is 50.8. The summed E-state index contributed by atoms with van der Waals surface area (Å²) >= 11 is 0. The number of fused-ring (bicyclic) bond motifs is 12. The Hall–Kier alpha value is -4.66. The van der Waals surface area contributed by atoms with Gasteiger partial charge in [0.25, 0.3) is 0 Å². The molecule has 200 valence electrons. The van der Waals surface area contributed by atoms with Gasteiger partial charge in [-0.2, -0.15) is 0 Å². The number of hydrogen-bond donors (Lipinski definition) is 0. The van der Waals surface area contributed by atoms with Gasteiger partial charge in [-0.15, -0.1) is 0 Å². The monoisotopic (exact) mass is 553 g/mol. The van der Waals surface area contributed by atoms with E-state index in [1.165, 1.54) is 76.8 Å². The summed E-state index contributed by atoms with van der Waals surface area (Å²) in [7, 11) is -2.52. The lowest BCUT2D eigenvalue weighted by Crippen LogP contribution is -2.70. The predicted molar refractivity (Wildman–Crippen MR) is 180 cm³/mol. The smallest absolute Gasteiger partial charge is 0.182 e. The third-order valence-electron chi connectivity index (χ3n) is 10.1. The summed E-state index contributed by atoms with van der Waals surface area (Å²) in [5.74, 6) is 0. The quantitative estimate of drug-likeness (QED) is 0.191. The first-order valence-electron chi connectivity index (χ1n) is 15.0. The van der Waals surface area contributed by atoms with Crippen LogP contribution in [0.15, 0.2) is 133 Å². The van der Waals surface area contributed by atoms with Crippen molar-refractivity contribution in [3.05, 3.63) is 150 Å². The minimum absolute atomic E-state index is 0.0759. The van der Waals surface area contributed by atoms with Crippen molar-refractivity contribution >= 4 is 45.9 Å². The fraction of sp³-hybridized carbons (Fsp3) is 0.100. The first-order valence-corrected chi connectivity index (χ1v) is 17.0. The van der Waals surface area contributed by atoms with Gasteiger partial charge in [0, 0.05) is 11.1 Å². The molecule has 9 rings (SSSR count). The van der Waals surface area contributed by atoms with Gasteiger partial charge in [-0.05, 0) is 85.3 Å². The summed E-state index contributed by atoms with van der Waals surface area (Å²) in [6.07, 6.45) is 0. The van der Waals surface area contributed by atoms with E-state index >= 15 is 0 Å². The highest BCUT2D eigenvalue weighted by Crippen LogP contribution is 2.52. The zero-order chi connectivity index (χ0) is 28.2. The maximum atomic E-state index is 2.56. The van der Waals surface area contributed by atoms with Gasteiger partial charge in [-0.1, -0.05) is 129 Å². The van der Waals surface area contributed by atoms with E-state index in [2.05, 4.69) is 159 Å². The number of nitrogens with zero attached hydrogens (tertiary/aromatic N) is 1. The number of aryl methyl sites for hydroxylation is 1. The molecule has 2 heteroatoms. The minimum Gasteiger partial charge on any atom is -0.310 e. The standard InChI is InChI=1S/C40H31NSi/c1-26-20-22-30-31-23-21-27(41-34-16-8-6-14-32(34)40(2,3)33-15-7-9-17-35(33)41)25-39(31)42(38(30)24-26)36-18-10-4-12-28(36)29-13-5-11-19-37(29)42/h4-25H,1-3H3. The second-order valence-corrected chi connectivity index (χ2v) is 16.3. The van der Waals surface area contributed by atoms with Crippen molar-refractivity contribution in [3.63, 3.8) is 0 Å². The van der Waals surface area contributed by atoms with Crippen LogP contribution in [0.1, 0.15) is 30.5 Å². The molecule has 0 radical (unpaired) electrons. The number of para-hydroxylation sites is 2. The van der Waals surface area contributed by atoms with Crippen LogP contribution in [0.5, 0.6) is 0 Å². The lowest BCUT2D eigenvalue weighted by molar-refractivity contribution is 0.632. The molecule has 3 aliphatic rings. The molecule has 3 aliphatic heterocycles. The molecule has 0 saturated heterocycles. The fourth-order valence-electron chi connectivity index (χ4n) is 8.33. The van der Waals surface area contributed by atoms with Crippen molar-refractivity contribution in [1.29, 1.82) is 0 Å². The Labute approximate surface area is 248 Å². The van der Waals surface area contributed by atoms with Crippen LogP contribution in [-0.2, 0) is 5.41 Å². The predicted octanol–water partition coefficient (Wildman–Crippen LogP) is 7.44. The molecule has 0 aromatic heterocycles. The highest BCUT2D eigenvalue weighted by atomic mass is 28.3. The van der Waals surface area contributed by atoms with Crippen molar-refractivity contribution in [2.24, 2.45) is 0 Å². The average Bonchev–Trinajstić information content (AvgIpc) is 3.48. The van der Waals surface area contributed by atoms with E-state index in [4.69, 9.17) is 0 Å². The van der Waals surface area contributed by atoms with Crippen LogP contribution in [-0.4, -0.2) is 8.07 Å². The van der Waals surface area contributed by atoms with Crippen molar-refractivity contribution in [2.75, 3.05) is 4.90 Å². The molecule has 6 aromatic rings. The third-order valence-corrected chi connectivity index (χ3v) is 15.1. The largest absolute Gasteiger partial charge is 0.310 e. The molecule has 0 fully saturated rings. The summed E-state index contributed by atoms with van der Waals surface area (Å²) in [6.45, 7) is 6.96. The molecule has 42 heavy (non-hydrogen) atoms. The first kappa shape index (κ1) is 24.0. The maximum Gasteiger partial charge on any atom is 0.182 e. The van der Waals surface area contributed by atoms with Crippen LogP contribution in [0.4, 0.5) is 17.1 Å². The van der Waals surface area contributed by atoms with Gasteiger partial charge in [-0.25, -0.2) is 0 Å². The molecule has 0 aliphatic carbocycles. The highest BCUT2D eigenvalue weighted by molar-refractivity contribution is 7.24. The molecule has 0 atom stereocenters. The topological polar surface area (TPSA) is 3.24 Å². The van der Waals surface area contributed by atoms with E-state index in [1.807, 2.05) is 0 Å². The van der Waals surface area contributed by atoms with E-state index in [-0.39, 0.29) is 5.41 Å². The van der Waals surface area contributed by atoms with Gasteiger partial charge in [0.2, 0.25) is 0 Å². The molecule has 0 saturated carbocycles. The van der Waals surface area contributed by atoms with E-state index in [1.54, 1.807) is 0 Å². The lowest BCUT2D eigenvalue weighted by Gasteiger charge is -2.42. The van der Waals surface area contributed by atoms with Gasteiger partial charge in [0.1, 0.15) is 0 Å². The molecule has 6 aromatic carbocycles. The van der Waals surface area contributed by atoms with Crippen LogP contribution in [0, 0.1) is 6.92 Å². The molecule has 3 heterocycles. The molecule has 0 bridgehead atoms. The lowest BCUT2D eigenvalue weighted by atomic mass is 9.73. The normalized spacial score (nSPS) is 15.8. The Bertz CT molecular complexity index is 2010. The SMILES string of the molecule is Cc1ccc2c(c1)[Si]1(c3ccccc3-c3ccccc31)c1cc(N3c4ccccc4C(C)(C)c4ccccc43)ccc1-2. The Kier molecular flexibility index (Phi) is 4.69. The van der Waals surface area contributed by atoms with Crippen molar-refractivity contribution in [3.8, 4) is 22.3 Å². The molecule has 0 amide bonds. The molecule has 0 N–H and O–H groups in total. The van der Waals surface area contributed by atoms with Crippen LogP contribution in [0.25, 0.3) is 22.3 Å². The van der Waals surface area contributed by atoms with E-state index in [0.717, 1.165) is 0 Å². The summed E-state index contributed by atoms with van der Waals surface area (Å²) < 4.78 is 0. The molecule has 1 spiro atoms. The van der Waals surface area contributed by atoms with Crippen LogP contribution in [0.3, 0.4) is 0 Å². The second kappa shape index (κ2) is 8.21. The van der Waals surface area contributed by atoms with Crippen molar-refractivity contribution in [1.82, 2.24) is 0 Å². The zero-order valence-corrected chi connectivity index (χ0v) is 25.1. The van der Waals surface area contributed by atoms with Gasteiger partial charge in [0.15, 0.2) is 8.07 Å². The number of anilines is 3. The van der Waals surface area contributed by atoms with Gasteiger partial charge >= 0.3 is 0 Å². The molecule has 0 unspecified atom stereocenters. The van der Waals surface area contributed by atoms with E-state index in [0.29, 0.717) is 0 Å². The summed E-state index contributed by atoms with van der Waals surface area (Å²) in [5.41, 5.74) is 13.4. The second-order valence-electron chi connectivity index (χ2n) is 12.6. The van der Waals surface area contributed by atoms with Crippen LogP contribution < -0.4 is 25.6 Å². The summed E-state index contributed by atoms with van der Waals surface area (Å²) in [5, 5.41) is 6.09. The maximum absolute atomic E-state index is 2.56. The average molecular weight is 554 g/mol. The Morgan fingerprint density at radius 2 is 0.952 bits per heavy atom. The van der Waals surface area contributed by atoms with Gasteiger partial charge < -0.3 is 4.90 Å².